The summed E-state index contributed by atoms with van der Waals surface area (Å²) >= 11 is 1.66. The number of thiophene rings is 1. The van der Waals surface area contributed by atoms with Gasteiger partial charge in [0.2, 0.25) is 0 Å². The molecule has 1 fully saturated rings. The van der Waals surface area contributed by atoms with E-state index in [4.69, 9.17) is 4.74 Å². The largest absolute Gasteiger partial charge is 0.376 e. The van der Waals surface area contributed by atoms with Crippen LogP contribution in [0.4, 0.5) is 10.5 Å². The van der Waals surface area contributed by atoms with Crippen LogP contribution in [-0.2, 0) is 17.8 Å². The SMILES string of the molecule is CCN(Cc1cccs1)C(=O)Nc1cnn(CC2CCCO2)c1. The zero-order valence-electron chi connectivity index (χ0n) is 13.3. The van der Waals surface area contributed by atoms with Crippen LogP contribution in [0.2, 0.25) is 0 Å². The number of hydrogen-bond donors (Lipinski definition) is 1. The third kappa shape index (κ3) is 4.33. The third-order valence-corrected chi connectivity index (χ3v) is 4.76. The van der Waals surface area contributed by atoms with E-state index in [-0.39, 0.29) is 12.1 Å². The molecule has 2 amide bonds. The average Bonchev–Trinajstić information content (AvgIpc) is 3.28. The van der Waals surface area contributed by atoms with Gasteiger partial charge in [0.25, 0.3) is 0 Å². The van der Waals surface area contributed by atoms with Gasteiger partial charge in [0.05, 0.1) is 31.1 Å². The minimum Gasteiger partial charge on any atom is -0.376 e. The fourth-order valence-corrected chi connectivity index (χ4v) is 3.36. The summed E-state index contributed by atoms with van der Waals surface area (Å²) in [5.41, 5.74) is 0.720. The van der Waals surface area contributed by atoms with E-state index in [0.717, 1.165) is 31.7 Å². The van der Waals surface area contributed by atoms with E-state index in [2.05, 4.69) is 10.4 Å². The van der Waals surface area contributed by atoms with Crippen molar-refractivity contribution in [1.82, 2.24) is 14.7 Å². The van der Waals surface area contributed by atoms with Gasteiger partial charge in [0.15, 0.2) is 0 Å². The van der Waals surface area contributed by atoms with E-state index in [0.29, 0.717) is 13.1 Å². The van der Waals surface area contributed by atoms with Gasteiger partial charge in [-0.3, -0.25) is 4.68 Å². The van der Waals surface area contributed by atoms with E-state index < -0.39 is 0 Å². The van der Waals surface area contributed by atoms with Crippen molar-refractivity contribution in [2.45, 2.75) is 39.0 Å². The molecule has 1 aliphatic heterocycles. The number of aromatic nitrogens is 2. The van der Waals surface area contributed by atoms with E-state index in [1.165, 1.54) is 4.88 Å². The highest BCUT2D eigenvalue weighted by atomic mass is 32.1. The van der Waals surface area contributed by atoms with Crippen molar-refractivity contribution < 1.29 is 9.53 Å². The van der Waals surface area contributed by atoms with Gasteiger partial charge in [0.1, 0.15) is 0 Å². The van der Waals surface area contributed by atoms with Gasteiger partial charge in [-0.05, 0) is 31.2 Å². The summed E-state index contributed by atoms with van der Waals surface area (Å²) in [4.78, 5) is 15.3. The number of rotatable bonds is 6. The smallest absolute Gasteiger partial charge is 0.322 e. The zero-order chi connectivity index (χ0) is 16.1. The zero-order valence-corrected chi connectivity index (χ0v) is 14.1. The van der Waals surface area contributed by atoms with Crippen molar-refractivity contribution >= 4 is 23.1 Å². The van der Waals surface area contributed by atoms with Gasteiger partial charge in [-0.2, -0.15) is 5.10 Å². The van der Waals surface area contributed by atoms with Gasteiger partial charge in [-0.15, -0.1) is 11.3 Å². The number of urea groups is 1. The molecule has 0 spiro atoms. The molecule has 0 radical (unpaired) electrons. The third-order valence-electron chi connectivity index (χ3n) is 3.89. The monoisotopic (exact) mass is 334 g/mol. The Morgan fingerprint density at radius 3 is 3.22 bits per heavy atom. The lowest BCUT2D eigenvalue weighted by Gasteiger charge is -2.20. The molecular formula is C16H22N4O2S. The van der Waals surface area contributed by atoms with Crippen molar-refractivity contribution in [2.75, 3.05) is 18.5 Å². The first-order chi connectivity index (χ1) is 11.2. The molecule has 1 aliphatic rings. The Morgan fingerprint density at radius 1 is 1.61 bits per heavy atom. The van der Waals surface area contributed by atoms with Crippen LogP contribution >= 0.6 is 11.3 Å². The summed E-state index contributed by atoms with van der Waals surface area (Å²) in [6, 6.07) is 3.94. The molecule has 1 unspecified atom stereocenters. The molecule has 1 saturated heterocycles. The number of carbonyl (C=O) groups is 1. The Balaban J connectivity index is 1.54. The topological polar surface area (TPSA) is 59.4 Å². The number of amides is 2. The molecule has 6 nitrogen and oxygen atoms in total. The number of ether oxygens (including phenoxy) is 1. The lowest BCUT2D eigenvalue weighted by atomic mass is 10.2. The molecule has 1 atom stereocenters. The highest BCUT2D eigenvalue weighted by molar-refractivity contribution is 7.09. The number of carbonyl (C=O) groups excluding carboxylic acids is 1. The average molecular weight is 334 g/mol. The molecule has 3 rings (SSSR count). The molecule has 2 aromatic rings. The minimum absolute atomic E-state index is 0.0995. The summed E-state index contributed by atoms with van der Waals surface area (Å²) in [7, 11) is 0. The maximum absolute atomic E-state index is 12.4. The molecule has 1 N–H and O–H groups in total. The highest BCUT2D eigenvalue weighted by Crippen LogP contribution is 2.16. The predicted molar refractivity (Wildman–Crippen MR) is 90.6 cm³/mol. The van der Waals surface area contributed by atoms with E-state index in [1.807, 2.05) is 35.3 Å². The maximum atomic E-state index is 12.4. The summed E-state index contributed by atoms with van der Waals surface area (Å²) in [5, 5.41) is 9.24. The van der Waals surface area contributed by atoms with Gasteiger partial charge in [0, 0.05) is 24.2 Å². The Labute approximate surface area is 140 Å². The van der Waals surface area contributed by atoms with Gasteiger partial charge < -0.3 is 15.0 Å². The fourth-order valence-electron chi connectivity index (χ4n) is 2.65. The maximum Gasteiger partial charge on any atom is 0.322 e. The first-order valence-electron chi connectivity index (χ1n) is 7.97. The molecule has 0 aromatic carbocycles. The van der Waals surface area contributed by atoms with Crippen LogP contribution in [0.25, 0.3) is 0 Å². The second-order valence-electron chi connectivity index (χ2n) is 5.61. The Bertz CT molecular complexity index is 620. The van der Waals surface area contributed by atoms with Crippen LogP contribution in [0.5, 0.6) is 0 Å². The predicted octanol–water partition coefficient (Wildman–Crippen LogP) is 3.18. The van der Waals surface area contributed by atoms with Crippen molar-refractivity contribution in [3.63, 3.8) is 0 Å². The van der Waals surface area contributed by atoms with Crippen LogP contribution in [0.1, 0.15) is 24.6 Å². The molecule has 0 aliphatic carbocycles. The Morgan fingerprint density at radius 2 is 2.52 bits per heavy atom. The number of hydrogen-bond acceptors (Lipinski definition) is 4. The molecule has 0 saturated carbocycles. The molecule has 0 bridgehead atoms. The number of nitrogens with one attached hydrogen (secondary N) is 1. The van der Waals surface area contributed by atoms with Crippen LogP contribution in [0.3, 0.4) is 0 Å². The highest BCUT2D eigenvalue weighted by Gasteiger charge is 2.17. The van der Waals surface area contributed by atoms with Crippen LogP contribution in [-0.4, -0.2) is 40.0 Å². The Hall–Kier alpha value is -1.86. The fraction of sp³-hybridized carbons (Fsp3) is 0.500. The normalized spacial score (nSPS) is 17.3. The molecule has 2 aromatic heterocycles. The molecule has 23 heavy (non-hydrogen) atoms. The van der Waals surface area contributed by atoms with Crippen molar-refractivity contribution in [2.24, 2.45) is 0 Å². The van der Waals surface area contributed by atoms with Gasteiger partial charge >= 0.3 is 6.03 Å². The first-order valence-corrected chi connectivity index (χ1v) is 8.85. The van der Waals surface area contributed by atoms with Gasteiger partial charge in [-0.25, -0.2) is 4.79 Å². The minimum atomic E-state index is -0.0995. The van der Waals surface area contributed by atoms with Crippen LogP contribution < -0.4 is 5.32 Å². The van der Waals surface area contributed by atoms with Crippen molar-refractivity contribution in [3.8, 4) is 0 Å². The lowest BCUT2D eigenvalue weighted by molar-refractivity contribution is 0.0940. The Kier molecular flexibility index (Phi) is 5.30. The number of nitrogens with zero attached hydrogens (tertiary/aromatic N) is 3. The summed E-state index contributed by atoms with van der Waals surface area (Å²) < 4.78 is 7.44. The van der Waals surface area contributed by atoms with Crippen LogP contribution in [0.15, 0.2) is 29.9 Å². The first kappa shape index (κ1) is 16.0. The number of anilines is 1. The summed E-state index contributed by atoms with van der Waals surface area (Å²) in [6.45, 7) is 4.85. The van der Waals surface area contributed by atoms with Gasteiger partial charge in [-0.1, -0.05) is 6.07 Å². The van der Waals surface area contributed by atoms with Crippen LogP contribution in [0, 0.1) is 0 Å². The summed E-state index contributed by atoms with van der Waals surface area (Å²) in [5.74, 6) is 0. The summed E-state index contributed by atoms with van der Waals surface area (Å²) in [6.07, 6.45) is 5.98. The standard InChI is InChI=1S/C16H22N4O2S/c1-2-19(12-15-6-4-8-23-15)16(21)18-13-9-17-20(10-13)11-14-5-3-7-22-14/h4,6,8-10,14H,2-3,5,7,11-12H2,1H3,(H,18,21). The van der Waals surface area contributed by atoms with Crippen molar-refractivity contribution in [1.29, 1.82) is 0 Å². The molecular weight excluding hydrogens is 312 g/mol. The molecule has 7 heteroatoms. The lowest BCUT2D eigenvalue weighted by Crippen LogP contribution is -2.33. The van der Waals surface area contributed by atoms with Crippen molar-refractivity contribution in [3.05, 3.63) is 34.8 Å². The molecule has 124 valence electrons. The molecule has 3 heterocycles. The van der Waals surface area contributed by atoms with E-state index in [1.54, 1.807) is 22.4 Å². The van der Waals surface area contributed by atoms with E-state index in [9.17, 15) is 4.79 Å². The second-order valence-corrected chi connectivity index (χ2v) is 6.64. The second kappa shape index (κ2) is 7.61. The quantitative estimate of drug-likeness (QED) is 0.882. The van der Waals surface area contributed by atoms with E-state index >= 15 is 0 Å².